The van der Waals surface area contributed by atoms with Gasteiger partial charge in [0.2, 0.25) is 5.91 Å². The van der Waals surface area contributed by atoms with Crippen molar-refractivity contribution < 1.29 is 9.53 Å². The first kappa shape index (κ1) is 24.9. The van der Waals surface area contributed by atoms with Crippen molar-refractivity contribution in [1.82, 2.24) is 34.9 Å². The van der Waals surface area contributed by atoms with Gasteiger partial charge in [-0.2, -0.15) is 15.1 Å². The molecule has 0 radical (unpaired) electrons. The Balaban J connectivity index is 1.41. The zero-order valence-electron chi connectivity index (χ0n) is 21.2. The lowest BCUT2D eigenvalue weighted by molar-refractivity contribution is -0.127. The van der Waals surface area contributed by atoms with E-state index in [1.807, 2.05) is 49.0 Å². The van der Waals surface area contributed by atoms with Gasteiger partial charge in [-0.05, 0) is 28.1 Å². The number of piperazine rings is 1. The van der Waals surface area contributed by atoms with Crippen LogP contribution in [0.2, 0.25) is 0 Å². The Hall–Kier alpha value is -3.18. The van der Waals surface area contributed by atoms with Crippen LogP contribution in [0.3, 0.4) is 0 Å². The van der Waals surface area contributed by atoms with E-state index >= 15 is 0 Å². The van der Waals surface area contributed by atoms with Gasteiger partial charge in [0.05, 0.1) is 0 Å². The molecular weight excluding hydrogens is 446 g/mol. The first-order chi connectivity index (χ1) is 16.9. The first-order valence-corrected chi connectivity index (χ1v) is 12.2. The van der Waals surface area contributed by atoms with Crippen molar-refractivity contribution in [2.75, 3.05) is 77.2 Å². The van der Waals surface area contributed by atoms with Crippen molar-refractivity contribution in [2.45, 2.75) is 25.9 Å². The van der Waals surface area contributed by atoms with Crippen molar-refractivity contribution in [3.63, 3.8) is 0 Å². The Kier molecular flexibility index (Phi) is 8.19. The number of nitrogens with zero attached hydrogens (tertiary/aromatic N) is 7. The molecule has 11 nitrogen and oxygen atoms in total. The minimum Gasteiger partial charge on any atom is -0.460 e. The summed E-state index contributed by atoms with van der Waals surface area (Å²) in [4.78, 5) is 30.3. The Bertz CT molecular complexity index is 1010. The molecule has 0 bridgehead atoms. The quantitative estimate of drug-likeness (QED) is 0.540. The van der Waals surface area contributed by atoms with Crippen LogP contribution in [0, 0.1) is 6.92 Å². The molecule has 0 spiro atoms. The van der Waals surface area contributed by atoms with Crippen molar-refractivity contribution in [1.29, 1.82) is 0 Å². The number of likely N-dealkylation sites (N-methyl/N-ethyl adjacent to an activating group) is 2. The number of piperidine rings is 1. The van der Waals surface area contributed by atoms with Crippen LogP contribution in [0.4, 0.5) is 17.5 Å². The number of likely N-dealkylation sites (tertiary alicyclic amines) is 1. The normalized spacial score (nSPS) is 18.0. The maximum absolute atomic E-state index is 12.4. The third kappa shape index (κ3) is 7.15. The number of rotatable bonds is 8. The maximum atomic E-state index is 12.4. The van der Waals surface area contributed by atoms with Crippen LogP contribution in [-0.2, 0) is 4.79 Å². The van der Waals surface area contributed by atoms with Crippen molar-refractivity contribution in [2.24, 2.45) is 0 Å². The van der Waals surface area contributed by atoms with E-state index in [2.05, 4.69) is 37.3 Å². The maximum Gasteiger partial charge on any atom is 0.320 e. The second-order valence-electron chi connectivity index (χ2n) is 9.55. The summed E-state index contributed by atoms with van der Waals surface area (Å²) >= 11 is 0. The van der Waals surface area contributed by atoms with Crippen LogP contribution in [0.25, 0.3) is 0 Å². The number of carbonyl (C=O) groups is 1. The van der Waals surface area contributed by atoms with E-state index in [0.717, 1.165) is 57.1 Å². The summed E-state index contributed by atoms with van der Waals surface area (Å²) in [6, 6.07) is 4.23. The van der Waals surface area contributed by atoms with Gasteiger partial charge in [-0.25, -0.2) is 0 Å². The molecule has 0 aliphatic carbocycles. The van der Waals surface area contributed by atoms with Crippen LogP contribution >= 0.6 is 0 Å². The monoisotopic (exact) mass is 483 g/mol. The second-order valence-corrected chi connectivity index (χ2v) is 9.55. The molecule has 0 aromatic carbocycles. The fraction of sp³-hybridized carbons (Fsp3) is 0.583. The number of aryl methyl sites for hydroxylation is 1. The van der Waals surface area contributed by atoms with Gasteiger partial charge in [0.15, 0.2) is 5.82 Å². The number of anilines is 3. The van der Waals surface area contributed by atoms with Crippen molar-refractivity contribution in [3.05, 3.63) is 30.0 Å². The molecule has 2 aromatic heterocycles. The molecule has 2 aliphatic rings. The predicted octanol–water partition coefficient (Wildman–Crippen LogP) is 1.49. The van der Waals surface area contributed by atoms with Crippen LogP contribution in [-0.4, -0.2) is 114 Å². The second kappa shape index (κ2) is 11.5. The number of hydrogen-bond donors (Lipinski definition) is 2. The zero-order chi connectivity index (χ0) is 24.8. The summed E-state index contributed by atoms with van der Waals surface area (Å²) in [6.45, 7) is 7.79. The lowest BCUT2D eigenvalue weighted by Gasteiger charge is -2.34. The van der Waals surface area contributed by atoms with E-state index in [-0.39, 0.29) is 12.0 Å². The van der Waals surface area contributed by atoms with Gasteiger partial charge in [0.25, 0.3) is 0 Å². The highest BCUT2D eigenvalue weighted by molar-refractivity contribution is 5.87. The molecule has 2 saturated heterocycles. The molecule has 190 valence electrons. The van der Waals surface area contributed by atoms with Gasteiger partial charge in [-0.15, -0.1) is 0 Å². The molecule has 2 aromatic rings. The Morgan fingerprint density at radius 3 is 2.54 bits per heavy atom. The van der Waals surface area contributed by atoms with E-state index in [0.29, 0.717) is 30.7 Å². The predicted molar refractivity (Wildman–Crippen MR) is 136 cm³/mol. The van der Waals surface area contributed by atoms with E-state index < -0.39 is 0 Å². The average molecular weight is 484 g/mol. The van der Waals surface area contributed by atoms with E-state index in [4.69, 9.17) is 9.72 Å². The summed E-state index contributed by atoms with van der Waals surface area (Å²) in [5.74, 6) is 2.25. The summed E-state index contributed by atoms with van der Waals surface area (Å²) in [5, 5.41) is 10.5. The fourth-order valence-corrected chi connectivity index (χ4v) is 4.15. The van der Waals surface area contributed by atoms with Crippen molar-refractivity contribution >= 4 is 23.4 Å². The summed E-state index contributed by atoms with van der Waals surface area (Å²) < 4.78 is 6.24. The highest BCUT2D eigenvalue weighted by atomic mass is 16.5. The highest BCUT2D eigenvalue weighted by Gasteiger charge is 2.25. The van der Waals surface area contributed by atoms with Gasteiger partial charge < -0.3 is 29.7 Å². The molecule has 4 heterocycles. The standard InChI is InChI=1S/C24H37N9O2/c1-18-16-21(29-28-18)25-20-17-22(32-14-12-31(4)13-15-32)27-24(26-20)35-19-7-10-33(11-8-19)23(34)6-5-9-30(2)3/h5-6,16-17,19H,7-15H2,1-4H3,(H2,25,26,27,28,29). The molecular formula is C24H37N9O2. The van der Waals surface area contributed by atoms with Crippen LogP contribution in [0.15, 0.2) is 24.3 Å². The van der Waals surface area contributed by atoms with E-state index in [1.54, 1.807) is 6.08 Å². The molecule has 2 aliphatic heterocycles. The lowest BCUT2D eigenvalue weighted by Crippen LogP contribution is -2.45. The van der Waals surface area contributed by atoms with Gasteiger partial charge in [0, 0.05) is 82.6 Å². The number of hydrogen-bond acceptors (Lipinski definition) is 9. The zero-order valence-corrected chi connectivity index (χ0v) is 21.2. The lowest BCUT2D eigenvalue weighted by atomic mass is 10.1. The van der Waals surface area contributed by atoms with E-state index in [9.17, 15) is 4.79 Å². The number of aromatic nitrogens is 4. The third-order valence-electron chi connectivity index (χ3n) is 6.24. The molecule has 0 saturated carbocycles. The molecule has 4 rings (SSSR count). The number of H-pyrrole nitrogens is 1. The summed E-state index contributed by atoms with van der Waals surface area (Å²) in [6.07, 6.45) is 5.03. The fourth-order valence-electron chi connectivity index (χ4n) is 4.15. The molecule has 1 amide bonds. The largest absolute Gasteiger partial charge is 0.460 e. The molecule has 2 N–H and O–H groups in total. The van der Waals surface area contributed by atoms with Crippen LogP contribution < -0.4 is 15.0 Å². The smallest absolute Gasteiger partial charge is 0.320 e. The number of aromatic amines is 1. The number of amides is 1. The molecule has 35 heavy (non-hydrogen) atoms. The van der Waals surface area contributed by atoms with Gasteiger partial charge >= 0.3 is 6.01 Å². The summed E-state index contributed by atoms with van der Waals surface area (Å²) in [7, 11) is 6.10. The van der Waals surface area contributed by atoms with Crippen molar-refractivity contribution in [3.8, 4) is 6.01 Å². The Morgan fingerprint density at radius 2 is 1.89 bits per heavy atom. The average Bonchev–Trinajstić information content (AvgIpc) is 3.24. The number of nitrogens with one attached hydrogen (secondary N) is 2. The van der Waals surface area contributed by atoms with Gasteiger partial charge in [-0.1, -0.05) is 6.08 Å². The van der Waals surface area contributed by atoms with Crippen LogP contribution in [0.5, 0.6) is 6.01 Å². The molecule has 11 heteroatoms. The minimum atomic E-state index is -0.0342. The minimum absolute atomic E-state index is 0.0342. The van der Waals surface area contributed by atoms with Crippen LogP contribution in [0.1, 0.15) is 18.5 Å². The molecule has 0 unspecified atom stereocenters. The molecule has 0 atom stereocenters. The first-order valence-electron chi connectivity index (χ1n) is 12.2. The third-order valence-corrected chi connectivity index (χ3v) is 6.24. The number of ether oxygens (including phenoxy) is 1. The Labute approximate surface area is 207 Å². The SMILES string of the molecule is Cc1cc(Nc2cc(N3CCN(C)CC3)nc(OC3CCN(C(=O)C=CCN(C)C)CC3)n2)n[nH]1. The summed E-state index contributed by atoms with van der Waals surface area (Å²) in [5.41, 5.74) is 0.968. The Morgan fingerprint density at radius 1 is 1.14 bits per heavy atom. The number of carbonyl (C=O) groups excluding carboxylic acids is 1. The van der Waals surface area contributed by atoms with E-state index in [1.165, 1.54) is 0 Å². The topological polar surface area (TPSA) is 106 Å². The van der Waals surface area contributed by atoms with Gasteiger partial charge in [-0.3, -0.25) is 9.89 Å². The van der Waals surface area contributed by atoms with Gasteiger partial charge in [0.1, 0.15) is 17.7 Å². The highest BCUT2D eigenvalue weighted by Crippen LogP contribution is 2.25. The molecule has 2 fully saturated rings.